The molecule has 2 amide bonds. The molecule has 2 N–H and O–H groups in total. The van der Waals surface area contributed by atoms with Gasteiger partial charge in [-0.15, -0.1) is 0 Å². The van der Waals surface area contributed by atoms with Gasteiger partial charge < -0.3 is 20.3 Å². The quantitative estimate of drug-likeness (QED) is 0.802. The molecule has 2 heterocycles. The van der Waals surface area contributed by atoms with E-state index in [2.05, 4.69) is 48.4 Å². The molecule has 1 aromatic rings. The first-order valence-corrected chi connectivity index (χ1v) is 10.5. The van der Waals surface area contributed by atoms with Crippen molar-refractivity contribution in [3.8, 4) is 0 Å². The molecule has 3 rings (SSSR count). The largest absolute Gasteiger partial charge is 0.381 e. The summed E-state index contributed by atoms with van der Waals surface area (Å²) < 4.78 is 5.48. The molecule has 5 heteroatoms. The Labute approximate surface area is 163 Å². The second-order valence-electron chi connectivity index (χ2n) is 8.50. The lowest BCUT2D eigenvalue weighted by Gasteiger charge is -2.34. The molecule has 0 aromatic heterocycles. The predicted octanol–water partition coefficient (Wildman–Crippen LogP) is 3.49. The zero-order chi connectivity index (χ0) is 19.2. The molecule has 0 radical (unpaired) electrons. The average molecular weight is 374 g/mol. The molecule has 0 bridgehead atoms. The van der Waals surface area contributed by atoms with Crippen molar-refractivity contribution in [3.63, 3.8) is 0 Å². The van der Waals surface area contributed by atoms with Crippen LogP contribution in [0.2, 0.25) is 0 Å². The summed E-state index contributed by atoms with van der Waals surface area (Å²) in [5.74, 6) is 1.03. The molecule has 2 fully saturated rings. The maximum atomic E-state index is 12.6. The lowest BCUT2D eigenvalue weighted by Crippen LogP contribution is -2.49. The number of hydrogen-bond acceptors (Lipinski definition) is 3. The Hall–Kier alpha value is -1.59. The standard InChI is InChI=1S/C22H35N3O2/c1-16(2)21(20-7-5-4-6-17(20)3)24-22(26)23-19-8-11-25(12-9-19)14-18-10-13-27-15-18/h4-7,16,18-19,21H,8-15H2,1-3H3,(H2,23,24,26). The van der Waals surface area contributed by atoms with E-state index in [9.17, 15) is 4.79 Å². The molecule has 5 nitrogen and oxygen atoms in total. The maximum Gasteiger partial charge on any atom is 0.315 e. The van der Waals surface area contributed by atoms with Crippen molar-refractivity contribution < 1.29 is 9.53 Å². The Morgan fingerprint density at radius 3 is 2.59 bits per heavy atom. The van der Waals surface area contributed by atoms with Gasteiger partial charge >= 0.3 is 6.03 Å². The summed E-state index contributed by atoms with van der Waals surface area (Å²) in [6, 6.07) is 8.57. The molecular weight excluding hydrogens is 338 g/mol. The summed E-state index contributed by atoms with van der Waals surface area (Å²) >= 11 is 0. The van der Waals surface area contributed by atoms with Crippen LogP contribution in [0, 0.1) is 18.8 Å². The van der Waals surface area contributed by atoms with Gasteiger partial charge in [-0.3, -0.25) is 0 Å². The van der Waals surface area contributed by atoms with Crippen molar-refractivity contribution in [2.24, 2.45) is 11.8 Å². The molecule has 0 saturated carbocycles. The first kappa shape index (κ1) is 20.2. The molecule has 0 aliphatic carbocycles. The Bertz CT molecular complexity index is 605. The third-order valence-electron chi connectivity index (χ3n) is 5.94. The molecule has 150 valence electrons. The first-order chi connectivity index (χ1) is 13.0. The minimum Gasteiger partial charge on any atom is -0.381 e. The van der Waals surface area contributed by atoms with Crippen molar-refractivity contribution in [1.29, 1.82) is 0 Å². The van der Waals surface area contributed by atoms with E-state index in [1.165, 1.54) is 17.5 Å². The van der Waals surface area contributed by atoms with E-state index in [4.69, 9.17) is 4.74 Å². The Morgan fingerprint density at radius 2 is 1.96 bits per heavy atom. The van der Waals surface area contributed by atoms with Gasteiger partial charge in [-0.1, -0.05) is 38.1 Å². The number of nitrogens with one attached hydrogen (secondary N) is 2. The summed E-state index contributed by atoms with van der Waals surface area (Å²) in [6.45, 7) is 11.5. The average Bonchev–Trinajstić information content (AvgIpc) is 3.15. The van der Waals surface area contributed by atoms with Gasteiger partial charge in [0, 0.05) is 32.3 Å². The summed E-state index contributed by atoms with van der Waals surface area (Å²) in [4.78, 5) is 15.1. The van der Waals surface area contributed by atoms with Gasteiger partial charge in [-0.25, -0.2) is 4.79 Å². The van der Waals surface area contributed by atoms with Crippen molar-refractivity contribution in [1.82, 2.24) is 15.5 Å². The van der Waals surface area contributed by atoms with Crippen LogP contribution in [0.1, 0.15) is 50.3 Å². The van der Waals surface area contributed by atoms with Gasteiger partial charge in [0.15, 0.2) is 0 Å². The molecule has 2 aliphatic heterocycles. The summed E-state index contributed by atoms with van der Waals surface area (Å²) in [6.07, 6.45) is 3.24. The molecule has 1 aromatic carbocycles. The van der Waals surface area contributed by atoms with E-state index in [0.29, 0.717) is 11.8 Å². The van der Waals surface area contributed by atoms with Crippen molar-refractivity contribution in [3.05, 3.63) is 35.4 Å². The number of aryl methyl sites for hydroxylation is 1. The topological polar surface area (TPSA) is 53.6 Å². The molecule has 2 aliphatic rings. The molecule has 27 heavy (non-hydrogen) atoms. The van der Waals surface area contributed by atoms with Gasteiger partial charge in [0.2, 0.25) is 0 Å². The number of carbonyl (C=O) groups is 1. The van der Waals surface area contributed by atoms with Crippen LogP contribution in [0.5, 0.6) is 0 Å². The molecule has 2 unspecified atom stereocenters. The van der Waals surface area contributed by atoms with Crippen LogP contribution < -0.4 is 10.6 Å². The van der Waals surface area contributed by atoms with E-state index in [1.807, 2.05) is 12.1 Å². The number of nitrogens with zero attached hydrogens (tertiary/aromatic N) is 1. The van der Waals surface area contributed by atoms with Crippen LogP contribution in [-0.2, 0) is 4.74 Å². The number of likely N-dealkylation sites (tertiary alicyclic amines) is 1. The lowest BCUT2D eigenvalue weighted by molar-refractivity contribution is 0.147. The lowest BCUT2D eigenvalue weighted by atomic mass is 9.93. The highest BCUT2D eigenvalue weighted by Crippen LogP contribution is 2.24. The zero-order valence-corrected chi connectivity index (χ0v) is 17.0. The third kappa shape index (κ3) is 5.69. The second kappa shape index (κ2) is 9.56. The van der Waals surface area contributed by atoms with Crippen LogP contribution in [0.25, 0.3) is 0 Å². The smallest absolute Gasteiger partial charge is 0.315 e. The maximum absolute atomic E-state index is 12.6. The number of piperidine rings is 1. The van der Waals surface area contributed by atoms with E-state index in [0.717, 1.165) is 45.7 Å². The van der Waals surface area contributed by atoms with Gasteiger partial charge in [0.1, 0.15) is 0 Å². The predicted molar refractivity (Wildman–Crippen MR) is 109 cm³/mol. The number of urea groups is 1. The highest BCUT2D eigenvalue weighted by Gasteiger charge is 2.26. The fraction of sp³-hybridized carbons (Fsp3) is 0.682. The minimum absolute atomic E-state index is 0.0358. The minimum atomic E-state index is -0.0420. The summed E-state index contributed by atoms with van der Waals surface area (Å²) in [7, 11) is 0. The van der Waals surface area contributed by atoms with Crippen LogP contribution in [0.4, 0.5) is 4.79 Å². The number of rotatable bonds is 6. The van der Waals surface area contributed by atoms with E-state index < -0.39 is 0 Å². The van der Waals surface area contributed by atoms with E-state index in [1.54, 1.807) is 0 Å². The van der Waals surface area contributed by atoms with Crippen LogP contribution >= 0.6 is 0 Å². The Morgan fingerprint density at radius 1 is 1.22 bits per heavy atom. The van der Waals surface area contributed by atoms with E-state index in [-0.39, 0.29) is 18.1 Å². The fourth-order valence-electron chi connectivity index (χ4n) is 4.26. The Balaban J connectivity index is 1.46. The molecular formula is C22H35N3O2. The van der Waals surface area contributed by atoms with Gasteiger partial charge in [-0.2, -0.15) is 0 Å². The number of ether oxygens (including phenoxy) is 1. The molecule has 0 spiro atoms. The monoisotopic (exact) mass is 373 g/mol. The SMILES string of the molecule is Cc1ccccc1C(NC(=O)NC1CCN(CC2CCOC2)CC1)C(C)C. The fourth-order valence-corrected chi connectivity index (χ4v) is 4.26. The van der Waals surface area contributed by atoms with Crippen molar-refractivity contribution in [2.75, 3.05) is 32.8 Å². The van der Waals surface area contributed by atoms with Crippen molar-refractivity contribution in [2.45, 2.75) is 52.1 Å². The highest BCUT2D eigenvalue weighted by atomic mass is 16.5. The van der Waals surface area contributed by atoms with Gasteiger partial charge in [0.05, 0.1) is 12.6 Å². The number of hydrogen-bond donors (Lipinski definition) is 2. The van der Waals surface area contributed by atoms with Crippen LogP contribution in [0.15, 0.2) is 24.3 Å². The van der Waals surface area contributed by atoms with Crippen LogP contribution in [0.3, 0.4) is 0 Å². The molecule has 2 atom stereocenters. The summed E-state index contributed by atoms with van der Waals surface area (Å²) in [5, 5.41) is 6.42. The number of benzene rings is 1. The second-order valence-corrected chi connectivity index (χ2v) is 8.50. The third-order valence-corrected chi connectivity index (χ3v) is 5.94. The van der Waals surface area contributed by atoms with E-state index >= 15 is 0 Å². The molecule has 2 saturated heterocycles. The van der Waals surface area contributed by atoms with Crippen molar-refractivity contribution >= 4 is 6.03 Å². The summed E-state index contributed by atoms with van der Waals surface area (Å²) in [5.41, 5.74) is 2.43. The highest BCUT2D eigenvalue weighted by molar-refractivity contribution is 5.75. The van der Waals surface area contributed by atoms with Gasteiger partial charge in [-0.05, 0) is 49.1 Å². The first-order valence-electron chi connectivity index (χ1n) is 10.5. The zero-order valence-electron chi connectivity index (χ0n) is 17.0. The van der Waals surface area contributed by atoms with Gasteiger partial charge in [0.25, 0.3) is 0 Å². The van der Waals surface area contributed by atoms with Crippen LogP contribution in [-0.4, -0.2) is 49.8 Å². The number of amides is 2. The number of carbonyl (C=O) groups excluding carboxylic acids is 1. The Kier molecular flexibility index (Phi) is 7.13. The normalized spacial score (nSPS) is 22.7.